The van der Waals surface area contributed by atoms with Gasteiger partial charge in [-0.15, -0.1) is 0 Å². The van der Waals surface area contributed by atoms with Crippen LogP contribution in [0.5, 0.6) is 11.5 Å². The first-order valence-corrected chi connectivity index (χ1v) is 20.2. The lowest BCUT2D eigenvalue weighted by molar-refractivity contribution is 0.379. The number of aliphatic imine (C=N–C) groups is 2. The molecule has 0 amide bonds. The van der Waals surface area contributed by atoms with Crippen LogP contribution in [0.2, 0.25) is 0 Å². The van der Waals surface area contributed by atoms with Crippen molar-refractivity contribution in [3.8, 4) is 11.5 Å². The van der Waals surface area contributed by atoms with E-state index in [0.717, 1.165) is 36.7 Å². The lowest BCUT2D eigenvalue weighted by atomic mass is 9.54. The van der Waals surface area contributed by atoms with E-state index in [2.05, 4.69) is 9.98 Å². The number of nitrogens with zero attached hydrogens (tertiary/aromatic N) is 2. The maximum atomic E-state index is 15.8. The van der Waals surface area contributed by atoms with Gasteiger partial charge in [0.15, 0.2) is 116 Å². The molecule has 0 fully saturated rings. The molecule has 0 saturated heterocycles. The molecule has 8 aromatic rings. The number of fused-ring (bicyclic) bond motifs is 1. The molecule has 0 N–H and O–H groups in total. The number of hydrogen-bond acceptors (Lipinski definition) is 4. The van der Waals surface area contributed by atoms with Gasteiger partial charge in [-0.25, -0.2) is 87.8 Å². The van der Waals surface area contributed by atoms with Crippen molar-refractivity contribution < 1.29 is 97.1 Å². The van der Waals surface area contributed by atoms with Gasteiger partial charge >= 0.3 is 13.8 Å². The fourth-order valence-electron chi connectivity index (χ4n) is 7.34. The Morgan fingerprint density at radius 2 is 0.486 bits per heavy atom. The number of benzene rings is 8. The Balaban J connectivity index is 1.51. The van der Waals surface area contributed by atoms with E-state index in [4.69, 9.17) is 9.31 Å². The summed E-state index contributed by atoms with van der Waals surface area (Å²) in [6, 6.07) is 17.0. The Morgan fingerprint density at radius 3 is 0.716 bits per heavy atom. The van der Waals surface area contributed by atoms with E-state index in [0.29, 0.717) is 0 Å². The van der Waals surface area contributed by atoms with Crippen LogP contribution in [0.25, 0.3) is 10.8 Å². The van der Waals surface area contributed by atoms with E-state index in [1.807, 2.05) is 0 Å². The van der Waals surface area contributed by atoms with Gasteiger partial charge in [0.2, 0.25) is 0 Å². The van der Waals surface area contributed by atoms with Gasteiger partial charge in [-0.2, -0.15) is 0 Å². The minimum absolute atomic E-state index is 0.0274. The van der Waals surface area contributed by atoms with Crippen LogP contribution in [-0.2, 0) is 0 Å². The number of para-hydroxylation sites is 2. The first kappa shape index (κ1) is 52.0. The molecular weight excluding hydrogens is 1040 g/mol. The largest absolute Gasteiger partial charge is 0.550 e. The van der Waals surface area contributed by atoms with Crippen LogP contribution in [0, 0.1) is 116 Å². The number of halogens is 20. The lowest BCUT2D eigenvalue weighted by Crippen LogP contribution is -2.55. The molecule has 8 aromatic carbocycles. The molecule has 0 saturated carbocycles. The average molecular weight is 1050 g/mol. The Morgan fingerprint density at radius 1 is 0.270 bits per heavy atom. The second-order valence-corrected chi connectivity index (χ2v) is 15.2. The zero-order valence-electron chi connectivity index (χ0n) is 35.7. The van der Waals surface area contributed by atoms with Gasteiger partial charge in [0.25, 0.3) is 0 Å². The van der Waals surface area contributed by atoms with Crippen LogP contribution in [-0.4, -0.2) is 26.3 Å². The Hall–Kier alpha value is -8.31. The SMILES string of the molecule is Fc1c(F)c(F)c(B(Oc2c(C=Nc3ccccc3)ccc3c(OB(c4c(F)c(F)c(F)c(F)c4F)c4c(F)c(F)c(F)c(F)c4F)c(C=Nc4ccccc4)ccc23)c2c(F)c(F)c(F)c(F)c2F)c(F)c1F. The summed E-state index contributed by atoms with van der Waals surface area (Å²) in [5.74, 6) is -60.8. The summed E-state index contributed by atoms with van der Waals surface area (Å²) in [5.41, 5.74) is -11.0. The summed E-state index contributed by atoms with van der Waals surface area (Å²) >= 11 is 0. The zero-order chi connectivity index (χ0) is 53.8. The first-order valence-electron chi connectivity index (χ1n) is 20.2. The highest BCUT2D eigenvalue weighted by atomic mass is 19.2. The molecular formula is C48H16B2F20N2O2. The third kappa shape index (κ3) is 8.90. The summed E-state index contributed by atoms with van der Waals surface area (Å²) in [5, 5.41) is -1.75. The topological polar surface area (TPSA) is 43.2 Å². The summed E-state index contributed by atoms with van der Waals surface area (Å²) in [7, 11) is 0. The second kappa shape index (κ2) is 20.3. The molecule has 0 aliphatic rings. The molecule has 26 heteroatoms. The van der Waals surface area contributed by atoms with Gasteiger partial charge < -0.3 is 9.31 Å². The molecule has 0 aliphatic heterocycles. The van der Waals surface area contributed by atoms with E-state index in [1.165, 1.54) is 60.7 Å². The predicted octanol–water partition coefficient (Wildman–Crippen LogP) is 11.5. The maximum Gasteiger partial charge on any atom is 0.438 e. The third-order valence-electron chi connectivity index (χ3n) is 10.9. The lowest BCUT2D eigenvalue weighted by Gasteiger charge is -2.25. The zero-order valence-corrected chi connectivity index (χ0v) is 35.7. The molecule has 4 nitrogen and oxygen atoms in total. The molecule has 0 radical (unpaired) electrons. The smallest absolute Gasteiger partial charge is 0.438 e. The highest BCUT2D eigenvalue weighted by Gasteiger charge is 2.45. The molecule has 0 aliphatic carbocycles. The van der Waals surface area contributed by atoms with Crippen molar-refractivity contribution in [1.82, 2.24) is 0 Å². The minimum atomic E-state index is -3.68. The standard InChI is InChI=1S/C48H16B2F20N2O2/c51-27-23(28(52)36(60)43(67)35(27)59)49(24-29(53)37(61)44(68)38(62)30(24)54)73-47-17(15-71-19-7-3-1-4-8-19)11-13-22-21(47)14-12-18(16-72-20-9-5-2-6-10-20)48(22)74-50(25-31(55)39(63)45(69)40(64)32(25)56)26-33(57)41(65)46(70)42(66)34(26)58/h1-16H. The molecule has 0 aromatic heterocycles. The molecule has 0 bridgehead atoms. The van der Waals surface area contributed by atoms with Gasteiger partial charge in [-0.05, 0) is 48.5 Å². The fourth-order valence-corrected chi connectivity index (χ4v) is 7.34. The van der Waals surface area contributed by atoms with E-state index in [-0.39, 0.29) is 11.4 Å². The predicted molar refractivity (Wildman–Crippen MR) is 228 cm³/mol. The molecule has 376 valence electrons. The van der Waals surface area contributed by atoms with Crippen molar-refractivity contribution >= 4 is 70.3 Å². The second-order valence-electron chi connectivity index (χ2n) is 15.2. The summed E-state index contributed by atoms with van der Waals surface area (Å²) < 4.78 is 315. The van der Waals surface area contributed by atoms with Gasteiger partial charge in [-0.3, -0.25) is 9.98 Å². The highest BCUT2D eigenvalue weighted by molar-refractivity contribution is 6.81. The van der Waals surface area contributed by atoms with Crippen molar-refractivity contribution in [3.05, 3.63) is 212 Å². The average Bonchev–Trinajstić information content (AvgIpc) is 3.40. The van der Waals surface area contributed by atoms with Crippen molar-refractivity contribution in [2.75, 3.05) is 0 Å². The molecule has 0 spiro atoms. The van der Waals surface area contributed by atoms with Crippen LogP contribution in [0.4, 0.5) is 99.2 Å². The number of hydrogen-bond donors (Lipinski definition) is 0. The van der Waals surface area contributed by atoms with E-state index in [1.54, 1.807) is 0 Å². The van der Waals surface area contributed by atoms with Crippen LogP contribution < -0.4 is 31.2 Å². The van der Waals surface area contributed by atoms with Crippen LogP contribution in [0.3, 0.4) is 0 Å². The van der Waals surface area contributed by atoms with E-state index in [9.17, 15) is 52.7 Å². The van der Waals surface area contributed by atoms with Crippen molar-refractivity contribution in [3.63, 3.8) is 0 Å². The van der Waals surface area contributed by atoms with Crippen molar-refractivity contribution in [1.29, 1.82) is 0 Å². The van der Waals surface area contributed by atoms with Crippen molar-refractivity contribution in [2.45, 2.75) is 0 Å². The molecule has 0 heterocycles. The summed E-state index contributed by atoms with van der Waals surface area (Å²) in [4.78, 5) is 8.20. The van der Waals surface area contributed by atoms with Gasteiger partial charge in [-0.1, -0.05) is 36.4 Å². The fraction of sp³-hybridized carbons (Fsp3) is 0. The Kier molecular flexibility index (Phi) is 14.3. The van der Waals surface area contributed by atoms with Gasteiger partial charge in [0.1, 0.15) is 11.5 Å². The van der Waals surface area contributed by atoms with E-state index >= 15 is 35.1 Å². The quantitative estimate of drug-likeness (QED) is 0.0402. The van der Waals surface area contributed by atoms with Gasteiger partial charge in [0, 0.05) is 56.2 Å². The van der Waals surface area contributed by atoms with Crippen LogP contribution in [0.1, 0.15) is 11.1 Å². The molecule has 8 rings (SSSR count). The van der Waals surface area contributed by atoms with Crippen LogP contribution >= 0.6 is 0 Å². The third-order valence-corrected chi connectivity index (χ3v) is 10.9. The molecule has 0 atom stereocenters. The monoisotopic (exact) mass is 1050 g/mol. The van der Waals surface area contributed by atoms with Crippen molar-refractivity contribution in [2.24, 2.45) is 9.98 Å². The van der Waals surface area contributed by atoms with E-state index < -0.39 is 185 Å². The summed E-state index contributed by atoms with van der Waals surface area (Å²) in [6.07, 6.45) is 1.49. The first-order chi connectivity index (χ1) is 35.1. The minimum Gasteiger partial charge on any atom is -0.550 e. The number of rotatable bonds is 12. The highest BCUT2D eigenvalue weighted by Crippen LogP contribution is 2.39. The molecule has 0 unspecified atom stereocenters. The van der Waals surface area contributed by atoms with Gasteiger partial charge in [0.05, 0.1) is 11.4 Å². The normalized spacial score (nSPS) is 11.7. The Labute approximate surface area is 400 Å². The molecule has 74 heavy (non-hydrogen) atoms. The maximum absolute atomic E-state index is 15.8. The Bertz CT molecular complexity index is 3170. The summed E-state index contributed by atoms with van der Waals surface area (Å²) in [6.45, 7) is -7.37. The van der Waals surface area contributed by atoms with Crippen LogP contribution in [0.15, 0.2) is 94.9 Å².